The van der Waals surface area contributed by atoms with E-state index in [1.807, 2.05) is 4.90 Å². The molecule has 0 radical (unpaired) electrons. The molecule has 1 amide bonds. The highest BCUT2D eigenvalue weighted by atomic mass is 79.9. The number of carbonyl (C=O) groups excluding carboxylic acids is 1. The number of anilines is 1. The topological polar surface area (TPSA) is 89.9 Å². The van der Waals surface area contributed by atoms with E-state index in [-0.39, 0.29) is 5.91 Å². The Morgan fingerprint density at radius 3 is 2.91 bits per heavy atom. The molecule has 0 aliphatic carbocycles. The van der Waals surface area contributed by atoms with Crippen molar-refractivity contribution in [2.45, 2.75) is 32.7 Å². The van der Waals surface area contributed by atoms with Crippen LogP contribution >= 0.6 is 27.5 Å². The summed E-state index contributed by atoms with van der Waals surface area (Å²) < 4.78 is 2.35. The zero-order valence-electron chi connectivity index (χ0n) is 13.0. The van der Waals surface area contributed by atoms with Crippen LogP contribution in [0.4, 0.5) is 5.82 Å². The van der Waals surface area contributed by atoms with Crippen LogP contribution in [0.5, 0.6) is 0 Å². The molecule has 0 fully saturated rings. The Morgan fingerprint density at radius 1 is 1.43 bits per heavy atom. The fourth-order valence-electron chi connectivity index (χ4n) is 2.31. The van der Waals surface area contributed by atoms with Crippen molar-refractivity contribution in [2.75, 3.05) is 24.7 Å². The van der Waals surface area contributed by atoms with Gasteiger partial charge in [-0.2, -0.15) is 5.10 Å². The van der Waals surface area contributed by atoms with E-state index in [0.29, 0.717) is 46.8 Å². The van der Waals surface area contributed by atoms with E-state index >= 15 is 0 Å². The Labute approximate surface area is 148 Å². The van der Waals surface area contributed by atoms with Crippen molar-refractivity contribution in [2.24, 2.45) is 0 Å². The van der Waals surface area contributed by atoms with Crippen molar-refractivity contribution >= 4 is 50.3 Å². The lowest BCUT2D eigenvalue weighted by Crippen LogP contribution is -2.35. The summed E-state index contributed by atoms with van der Waals surface area (Å²) in [7, 11) is 0. The molecular weight excluding hydrogens is 384 g/mol. The highest BCUT2D eigenvalue weighted by molar-refractivity contribution is 9.10. The first-order valence-corrected chi connectivity index (χ1v) is 8.87. The number of fused-ring (bicyclic) bond motifs is 1. The standard InChI is InChI=1S/C14H20BrClN6O/c1-2-3-6-21(10(23)4-5-16)7-8-22-14-11(12(15)20-22)13(17)18-9-19-14/h9H,2-8H2,1H3,(H2,17,18,19). The van der Waals surface area contributed by atoms with Gasteiger partial charge in [-0.05, 0) is 22.4 Å². The lowest BCUT2D eigenvalue weighted by atomic mass is 10.3. The summed E-state index contributed by atoms with van der Waals surface area (Å²) in [4.78, 5) is 22.2. The second-order valence-corrected chi connectivity index (χ2v) is 6.27. The van der Waals surface area contributed by atoms with Crippen LogP contribution in [0.2, 0.25) is 0 Å². The van der Waals surface area contributed by atoms with Crippen molar-refractivity contribution in [1.29, 1.82) is 0 Å². The molecule has 0 aliphatic heterocycles. The molecule has 0 bridgehead atoms. The molecule has 0 unspecified atom stereocenters. The summed E-state index contributed by atoms with van der Waals surface area (Å²) in [5.74, 6) is 0.786. The number of rotatable bonds is 8. The van der Waals surface area contributed by atoms with E-state index in [1.54, 1.807) is 4.68 Å². The van der Waals surface area contributed by atoms with E-state index in [9.17, 15) is 4.79 Å². The minimum atomic E-state index is 0.0677. The Bertz CT molecular complexity index is 677. The minimum absolute atomic E-state index is 0.0677. The molecule has 2 N–H and O–H groups in total. The molecule has 0 aliphatic rings. The molecule has 9 heteroatoms. The third-order valence-corrected chi connectivity index (χ3v) is 4.28. The number of hydrogen-bond acceptors (Lipinski definition) is 5. The first-order chi connectivity index (χ1) is 11.1. The fraction of sp³-hybridized carbons (Fsp3) is 0.571. The molecule has 2 aromatic rings. The van der Waals surface area contributed by atoms with Gasteiger partial charge in [-0.25, -0.2) is 14.6 Å². The minimum Gasteiger partial charge on any atom is -0.383 e. The van der Waals surface area contributed by atoms with Gasteiger partial charge in [-0.1, -0.05) is 13.3 Å². The van der Waals surface area contributed by atoms with E-state index in [1.165, 1.54) is 6.33 Å². The van der Waals surface area contributed by atoms with Crippen LogP contribution in [0.3, 0.4) is 0 Å². The van der Waals surface area contributed by atoms with Crippen LogP contribution in [0, 0.1) is 0 Å². The number of alkyl halides is 1. The van der Waals surface area contributed by atoms with E-state index < -0.39 is 0 Å². The Hall–Kier alpha value is -1.41. The molecule has 2 rings (SSSR count). The fourth-order valence-corrected chi connectivity index (χ4v) is 3.04. The second kappa shape index (κ2) is 8.44. The molecular formula is C14H20BrClN6O. The van der Waals surface area contributed by atoms with Crippen molar-refractivity contribution in [3.05, 3.63) is 10.9 Å². The molecule has 2 aromatic heterocycles. The van der Waals surface area contributed by atoms with Crippen molar-refractivity contribution in [3.8, 4) is 0 Å². The SMILES string of the molecule is CCCCN(CCn1nc(Br)c2c(N)ncnc21)C(=O)CCCl. The summed E-state index contributed by atoms with van der Waals surface area (Å²) >= 11 is 9.07. The summed E-state index contributed by atoms with van der Waals surface area (Å²) in [5.41, 5.74) is 6.52. The zero-order chi connectivity index (χ0) is 16.8. The van der Waals surface area contributed by atoms with Gasteiger partial charge in [0.2, 0.25) is 5.91 Å². The quantitative estimate of drug-likeness (QED) is 0.684. The molecule has 2 heterocycles. The van der Waals surface area contributed by atoms with Crippen molar-refractivity contribution in [3.63, 3.8) is 0 Å². The number of unbranched alkanes of at least 4 members (excludes halogenated alkanes) is 1. The number of nitrogens with zero attached hydrogens (tertiary/aromatic N) is 5. The highest BCUT2D eigenvalue weighted by Crippen LogP contribution is 2.25. The van der Waals surface area contributed by atoms with Crippen LogP contribution in [0.1, 0.15) is 26.2 Å². The molecule has 0 spiro atoms. The summed E-state index contributed by atoms with van der Waals surface area (Å²) in [6.45, 7) is 3.92. The van der Waals surface area contributed by atoms with Gasteiger partial charge in [0.1, 0.15) is 16.7 Å². The largest absolute Gasteiger partial charge is 0.383 e. The van der Waals surface area contributed by atoms with Crippen LogP contribution in [0.15, 0.2) is 10.9 Å². The lowest BCUT2D eigenvalue weighted by Gasteiger charge is -2.22. The molecule has 0 saturated carbocycles. The summed E-state index contributed by atoms with van der Waals surface area (Å²) in [6.07, 6.45) is 3.76. The molecule has 0 aromatic carbocycles. The van der Waals surface area contributed by atoms with Gasteiger partial charge in [-0.3, -0.25) is 4.79 Å². The third-order valence-electron chi connectivity index (χ3n) is 3.54. The number of carbonyl (C=O) groups is 1. The molecule has 0 saturated heterocycles. The molecule has 0 atom stereocenters. The molecule has 23 heavy (non-hydrogen) atoms. The normalized spacial score (nSPS) is 11.1. The zero-order valence-corrected chi connectivity index (χ0v) is 15.3. The molecule has 7 nitrogen and oxygen atoms in total. The smallest absolute Gasteiger partial charge is 0.223 e. The Balaban J connectivity index is 2.14. The number of amides is 1. The monoisotopic (exact) mass is 402 g/mol. The lowest BCUT2D eigenvalue weighted by molar-refractivity contribution is -0.131. The first kappa shape index (κ1) is 17.9. The Morgan fingerprint density at radius 2 is 2.22 bits per heavy atom. The van der Waals surface area contributed by atoms with Gasteiger partial charge >= 0.3 is 0 Å². The van der Waals surface area contributed by atoms with Gasteiger partial charge in [-0.15, -0.1) is 11.6 Å². The average molecular weight is 404 g/mol. The maximum absolute atomic E-state index is 12.2. The number of halogens is 2. The predicted molar refractivity (Wildman–Crippen MR) is 94.3 cm³/mol. The van der Waals surface area contributed by atoms with Gasteiger partial charge in [0, 0.05) is 25.4 Å². The maximum Gasteiger partial charge on any atom is 0.223 e. The Kier molecular flexibility index (Phi) is 6.59. The first-order valence-electron chi connectivity index (χ1n) is 7.54. The maximum atomic E-state index is 12.2. The van der Waals surface area contributed by atoms with Gasteiger partial charge in [0.25, 0.3) is 0 Å². The van der Waals surface area contributed by atoms with Crippen LogP contribution < -0.4 is 5.73 Å². The van der Waals surface area contributed by atoms with E-state index in [0.717, 1.165) is 19.4 Å². The number of nitrogen functional groups attached to an aromatic ring is 1. The van der Waals surface area contributed by atoms with Crippen LogP contribution in [0.25, 0.3) is 11.0 Å². The predicted octanol–water partition coefficient (Wildman–Crippen LogP) is 2.43. The third kappa shape index (κ3) is 4.32. The number of nitrogens with two attached hydrogens (primary N) is 1. The van der Waals surface area contributed by atoms with Crippen molar-refractivity contribution in [1.82, 2.24) is 24.6 Å². The van der Waals surface area contributed by atoms with Crippen LogP contribution in [-0.4, -0.2) is 49.5 Å². The second-order valence-electron chi connectivity index (χ2n) is 5.14. The molecule has 126 valence electrons. The van der Waals surface area contributed by atoms with Crippen molar-refractivity contribution < 1.29 is 4.79 Å². The number of hydrogen-bond donors (Lipinski definition) is 1. The van der Waals surface area contributed by atoms with Gasteiger partial charge in [0.15, 0.2) is 5.65 Å². The van der Waals surface area contributed by atoms with E-state index in [4.69, 9.17) is 17.3 Å². The van der Waals surface area contributed by atoms with Gasteiger partial charge in [0.05, 0.1) is 11.9 Å². The summed E-state index contributed by atoms with van der Waals surface area (Å²) in [5, 5.41) is 5.09. The average Bonchev–Trinajstić information content (AvgIpc) is 2.85. The van der Waals surface area contributed by atoms with Crippen LogP contribution in [-0.2, 0) is 11.3 Å². The summed E-state index contributed by atoms with van der Waals surface area (Å²) in [6, 6.07) is 0. The number of aromatic nitrogens is 4. The van der Waals surface area contributed by atoms with Gasteiger partial charge < -0.3 is 10.6 Å². The van der Waals surface area contributed by atoms with E-state index in [2.05, 4.69) is 37.9 Å². The highest BCUT2D eigenvalue weighted by Gasteiger charge is 2.16.